The van der Waals surface area contributed by atoms with Crippen LogP contribution in [0, 0.1) is 6.92 Å². The van der Waals surface area contributed by atoms with Crippen LogP contribution in [0.2, 0.25) is 0 Å². The van der Waals surface area contributed by atoms with Crippen molar-refractivity contribution < 1.29 is 26.0 Å². The number of alkyl halides is 3. The molecule has 1 N–H and O–H groups in total. The lowest BCUT2D eigenvalue weighted by Crippen LogP contribution is -2.40. The summed E-state index contributed by atoms with van der Waals surface area (Å²) in [5.74, 6) is -0.382. The highest BCUT2D eigenvalue weighted by Crippen LogP contribution is 2.38. The molecule has 1 aromatic carbocycles. The molecular weight excluding hydrogens is 477 g/mol. The van der Waals surface area contributed by atoms with Crippen LogP contribution in [0.1, 0.15) is 11.4 Å². The number of hydrogen-bond acceptors (Lipinski definition) is 8. The molecule has 1 aliphatic rings. The van der Waals surface area contributed by atoms with Gasteiger partial charge in [0.2, 0.25) is 0 Å². The summed E-state index contributed by atoms with van der Waals surface area (Å²) in [4.78, 5) is 19.1. The van der Waals surface area contributed by atoms with Gasteiger partial charge in [-0.15, -0.1) is 5.10 Å². The first-order chi connectivity index (χ1) is 16.0. The van der Waals surface area contributed by atoms with E-state index in [1.54, 1.807) is 23.1 Å². The normalized spacial score (nSPS) is 16.3. The van der Waals surface area contributed by atoms with Crippen molar-refractivity contribution in [2.24, 2.45) is 0 Å². The van der Waals surface area contributed by atoms with Crippen LogP contribution in [0.5, 0.6) is 0 Å². The number of halogens is 3. The molecule has 0 spiro atoms. The molecule has 5 rings (SSSR count). The summed E-state index contributed by atoms with van der Waals surface area (Å²) in [6.07, 6.45) is -4.77. The van der Waals surface area contributed by atoms with Gasteiger partial charge in [0.05, 0.1) is 22.8 Å². The number of aromatic amines is 1. The number of fused-ring (bicyclic) bond motifs is 1. The van der Waals surface area contributed by atoms with Crippen LogP contribution >= 0.6 is 0 Å². The summed E-state index contributed by atoms with van der Waals surface area (Å²) in [6, 6.07) is 7.85. The number of nitrogens with zero attached hydrogens (tertiary/aromatic N) is 5. The molecule has 1 fully saturated rings. The third-order valence-corrected chi connectivity index (χ3v) is 7.16. The van der Waals surface area contributed by atoms with Crippen molar-refractivity contribution in [2.75, 3.05) is 29.5 Å². The van der Waals surface area contributed by atoms with E-state index in [1.807, 2.05) is 0 Å². The second kappa shape index (κ2) is 7.68. The van der Waals surface area contributed by atoms with Gasteiger partial charge in [-0.05, 0) is 12.5 Å². The van der Waals surface area contributed by atoms with Crippen LogP contribution in [0.25, 0.3) is 28.2 Å². The predicted molar refractivity (Wildman–Crippen MR) is 115 cm³/mol. The molecular formula is C20H17F3N6O4S. The number of benzene rings is 1. The van der Waals surface area contributed by atoms with Crippen LogP contribution in [-0.2, 0) is 16.0 Å². The van der Waals surface area contributed by atoms with Gasteiger partial charge in [0.15, 0.2) is 15.5 Å². The summed E-state index contributed by atoms with van der Waals surface area (Å²) in [7, 11) is -3.13. The third-order valence-electron chi connectivity index (χ3n) is 5.55. The van der Waals surface area contributed by atoms with E-state index < -0.39 is 27.3 Å². The number of aromatic nitrogens is 5. The number of rotatable bonds is 3. The van der Waals surface area contributed by atoms with E-state index in [1.165, 1.54) is 19.1 Å². The average Bonchev–Trinajstić information content (AvgIpc) is 3.40. The zero-order valence-corrected chi connectivity index (χ0v) is 18.4. The number of anilines is 1. The van der Waals surface area contributed by atoms with E-state index in [0.717, 1.165) is 0 Å². The van der Waals surface area contributed by atoms with E-state index in [2.05, 4.69) is 20.3 Å². The lowest BCUT2D eigenvalue weighted by molar-refractivity contribution is -0.140. The molecule has 4 aromatic rings. The lowest BCUT2D eigenvalue weighted by Gasteiger charge is -2.24. The third kappa shape index (κ3) is 3.73. The van der Waals surface area contributed by atoms with Gasteiger partial charge in [0.25, 0.3) is 11.4 Å². The zero-order valence-electron chi connectivity index (χ0n) is 17.6. The maximum atomic E-state index is 13.8. The molecule has 1 aliphatic heterocycles. The molecule has 4 heterocycles. The Morgan fingerprint density at radius 2 is 1.74 bits per heavy atom. The molecule has 1 saturated heterocycles. The Hall–Kier alpha value is -3.68. The fraction of sp³-hybridized carbons (Fsp3) is 0.300. The van der Waals surface area contributed by atoms with E-state index in [4.69, 9.17) is 4.42 Å². The van der Waals surface area contributed by atoms with Crippen molar-refractivity contribution in [1.29, 1.82) is 0 Å². The van der Waals surface area contributed by atoms with Crippen LogP contribution in [0.3, 0.4) is 0 Å². The van der Waals surface area contributed by atoms with Crippen molar-refractivity contribution in [2.45, 2.75) is 13.1 Å². The molecule has 178 valence electrons. The molecule has 0 amide bonds. The standard InChI is InChI=1S/C20H17F3N6O4S/c1-11-13(17-25-26-19(33-17)28-7-9-34(31,32)10-8-28)18(30)29-16(24-11)14(12-5-3-2-4-6-12)15(27-29)20(21,22)23/h2-6,27H,7-10H2,1H3. The average molecular weight is 494 g/mol. The smallest absolute Gasteiger partial charge is 0.403 e. The van der Waals surface area contributed by atoms with Crippen molar-refractivity contribution in [1.82, 2.24) is 24.8 Å². The largest absolute Gasteiger partial charge is 0.433 e. The fourth-order valence-corrected chi connectivity index (χ4v) is 5.06. The second-order valence-electron chi connectivity index (χ2n) is 7.79. The van der Waals surface area contributed by atoms with E-state index in [-0.39, 0.29) is 64.5 Å². The van der Waals surface area contributed by atoms with Crippen LogP contribution < -0.4 is 10.5 Å². The maximum Gasteiger partial charge on any atom is 0.433 e. The summed E-state index contributed by atoms with van der Waals surface area (Å²) < 4.78 is 71.1. The number of aryl methyl sites for hydroxylation is 1. The summed E-state index contributed by atoms with van der Waals surface area (Å²) >= 11 is 0. The summed E-state index contributed by atoms with van der Waals surface area (Å²) in [6.45, 7) is 1.75. The van der Waals surface area contributed by atoms with Crippen LogP contribution in [0.4, 0.5) is 19.2 Å². The first-order valence-corrected chi connectivity index (χ1v) is 11.9. The van der Waals surface area contributed by atoms with Gasteiger partial charge in [0, 0.05) is 13.1 Å². The first kappa shape index (κ1) is 22.1. The first-order valence-electron chi connectivity index (χ1n) is 10.1. The van der Waals surface area contributed by atoms with Crippen molar-refractivity contribution in [3.8, 4) is 22.6 Å². The molecule has 0 bridgehead atoms. The molecule has 0 saturated carbocycles. The predicted octanol–water partition coefficient (Wildman–Crippen LogP) is 2.30. The Morgan fingerprint density at radius 1 is 1.06 bits per heavy atom. The molecule has 0 radical (unpaired) electrons. The topological polar surface area (TPSA) is 126 Å². The minimum atomic E-state index is -4.77. The van der Waals surface area contributed by atoms with Gasteiger partial charge >= 0.3 is 12.2 Å². The van der Waals surface area contributed by atoms with Crippen molar-refractivity contribution >= 4 is 21.5 Å². The molecule has 0 unspecified atom stereocenters. The summed E-state index contributed by atoms with van der Waals surface area (Å²) in [5.41, 5.74) is -2.20. The van der Waals surface area contributed by atoms with Crippen LogP contribution in [-0.4, -0.2) is 57.8 Å². The molecule has 0 atom stereocenters. The minimum absolute atomic E-state index is 0.0150. The molecule has 14 heteroatoms. The number of sulfone groups is 1. The van der Waals surface area contributed by atoms with Gasteiger partial charge in [-0.1, -0.05) is 35.4 Å². The monoisotopic (exact) mass is 494 g/mol. The van der Waals surface area contributed by atoms with Gasteiger partial charge < -0.3 is 9.32 Å². The Balaban J connectivity index is 1.64. The second-order valence-corrected chi connectivity index (χ2v) is 10.1. The van der Waals surface area contributed by atoms with Gasteiger partial charge in [-0.25, -0.2) is 13.4 Å². The Labute approximate surface area is 190 Å². The number of H-pyrrole nitrogens is 1. The highest BCUT2D eigenvalue weighted by atomic mass is 32.2. The summed E-state index contributed by atoms with van der Waals surface area (Å²) in [5, 5.41) is 9.89. The van der Waals surface area contributed by atoms with E-state index in [0.29, 0.717) is 4.52 Å². The van der Waals surface area contributed by atoms with Crippen molar-refractivity contribution in [3.05, 3.63) is 52.1 Å². The lowest BCUT2D eigenvalue weighted by atomic mass is 10.1. The quantitative estimate of drug-likeness (QED) is 0.460. The zero-order chi connectivity index (χ0) is 24.3. The Kier molecular flexibility index (Phi) is 5.00. The van der Waals surface area contributed by atoms with E-state index in [9.17, 15) is 26.4 Å². The Morgan fingerprint density at radius 3 is 2.38 bits per heavy atom. The highest BCUT2D eigenvalue weighted by Gasteiger charge is 2.38. The molecule has 3 aromatic heterocycles. The molecule has 0 aliphatic carbocycles. The van der Waals surface area contributed by atoms with Gasteiger partial charge in [-0.3, -0.25) is 9.89 Å². The minimum Gasteiger partial charge on any atom is -0.403 e. The molecule has 34 heavy (non-hydrogen) atoms. The molecule has 10 nitrogen and oxygen atoms in total. The van der Waals surface area contributed by atoms with E-state index >= 15 is 0 Å². The highest BCUT2D eigenvalue weighted by molar-refractivity contribution is 7.91. The SMILES string of the molecule is Cc1nc2c(-c3ccccc3)c(C(F)(F)F)[nH]n2c(=O)c1-c1nnc(N2CCS(=O)(=O)CC2)o1. The fourth-order valence-electron chi connectivity index (χ4n) is 3.86. The van der Waals surface area contributed by atoms with Crippen LogP contribution in [0.15, 0.2) is 39.5 Å². The Bertz CT molecular complexity index is 1540. The van der Waals surface area contributed by atoms with Gasteiger partial charge in [0.1, 0.15) is 11.3 Å². The number of hydrogen-bond donors (Lipinski definition) is 1. The van der Waals surface area contributed by atoms with Gasteiger partial charge in [-0.2, -0.15) is 17.7 Å². The number of nitrogens with one attached hydrogen (secondary N) is 1. The maximum absolute atomic E-state index is 13.8. The van der Waals surface area contributed by atoms with Crippen molar-refractivity contribution in [3.63, 3.8) is 0 Å².